The topological polar surface area (TPSA) is 74.8 Å². The van der Waals surface area contributed by atoms with Crippen molar-refractivity contribution in [2.24, 2.45) is 5.92 Å². The summed E-state index contributed by atoms with van der Waals surface area (Å²) in [6.07, 6.45) is 3.12. The first kappa shape index (κ1) is 17.5. The van der Waals surface area contributed by atoms with Crippen molar-refractivity contribution in [3.8, 4) is 0 Å². The molecule has 0 bridgehead atoms. The minimum absolute atomic E-state index is 0.0444. The van der Waals surface area contributed by atoms with Crippen molar-refractivity contribution in [1.82, 2.24) is 15.3 Å². The molecule has 1 aliphatic carbocycles. The highest BCUT2D eigenvalue weighted by Crippen LogP contribution is 2.36. The van der Waals surface area contributed by atoms with Gasteiger partial charge in [-0.25, -0.2) is 4.98 Å². The van der Waals surface area contributed by atoms with Gasteiger partial charge in [-0.3, -0.25) is 9.59 Å². The van der Waals surface area contributed by atoms with Crippen LogP contribution in [-0.4, -0.2) is 27.2 Å². The molecule has 1 aliphatic rings. The fourth-order valence-electron chi connectivity index (χ4n) is 3.01. The molecular formula is C17H23N3O2S2. The van der Waals surface area contributed by atoms with Gasteiger partial charge in [-0.2, -0.15) is 0 Å². The number of H-pyrrole nitrogens is 1. The Kier molecular flexibility index (Phi) is 5.01. The van der Waals surface area contributed by atoms with Gasteiger partial charge in [0.2, 0.25) is 5.91 Å². The van der Waals surface area contributed by atoms with Crippen LogP contribution in [-0.2, 0) is 17.6 Å². The van der Waals surface area contributed by atoms with Crippen molar-refractivity contribution < 1.29 is 4.79 Å². The first-order valence-electron chi connectivity index (χ1n) is 8.36. The summed E-state index contributed by atoms with van der Waals surface area (Å²) in [4.78, 5) is 34.2. The second kappa shape index (κ2) is 6.88. The summed E-state index contributed by atoms with van der Waals surface area (Å²) in [5, 5.41) is 3.85. The standard InChI is InChI=1S/C17H23N3O2S2/c1-8(2)18-14(21)10(4)23-17-19-15(22)13-11-6-5-9(3)7-12(11)24-16(13)20-17/h8-10H,5-7H2,1-4H3,(H,18,21)(H,19,20,22)/t9-,10-/m1/s1. The van der Waals surface area contributed by atoms with Crippen LogP contribution in [0, 0.1) is 5.92 Å². The van der Waals surface area contributed by atoms with Crippen LogP contribution < -0.4 is 10.9 Å². The van der Waals surface area contributed by atoms with Crippen LogP contribution in [0.3, 0.4) is 0 Å². The third-order valence-electron chi connectivity index (χ3n) is 4.23. The molecule has 0 spiro atoms. The number of carbonyl (C=O) groups is 1. The highest BCUT2D eigenvalue weighted by molar-refractivity contribution is 8.00. The first-order valence-corrected chi connectivity index (χ1v) is 10.1. The van der Waals surface area contributed by atoms with Crippen molar-refractivity contribution in [3.63, 3.8) is 0 Å². The van der Waals surface area contributed by atoms with Crippen LogP contribution in [0.5, 0.6) is 0 Å². The summed E-state index contributed by atoms with van der Waals surface area (Å²) < 4.78 is 0. The number of aromatic amines is 1. The Bertz CT molecular complexity index is 825. The van der Waals surface area contributed by atoms with Crippen LogP contribution in [0.2, 0.25) is 0 Å². The number of nitrogens with zero attached hydrogens (tertiary/aromatic N) is 1. The lowest BCUT2D eigenvalue weighted by molar-refractivity contribution is -0.120. The lowest BCUT2D eigenvalue weighted by Gasteiger charge is -2.17. The summed E-state index contributed by atoms with van der Waals surface area (Å²) in [5.41, 5.74) is 1.11. The largest absolute Gasteiger partial charge is 0.353 e. The zero-order valence-corrected chi connectivity index (χ0v) is 16.1. The van der Waals surface area contributed by atoms with Gasteiger partial charge in [0, 0.05) is 10.9 Å². The van der Waals surface area contributed by atoms with E-state index in [1.807, 2.05) is 20.8 Å². The van der Waals surface area contributed by atoms with Gasteiger partial charge in [0.25, 0.3) is 5.56 Å². The van der Waals surface area contributed by atoms with E-state index in [9.17, 15) is 9.59 Å². The number of thioether (sulfide) groups is 1. The molecule has 0 saturated heterocycles. The second-order valence-corrected chi connectivity index (χ2v) is 9.24. The van der Waals surface area contributed by atoms with E-state index in [1.54, 1.807) is 11.3 Å². The summed E-state index contributed by atoms with van der Waals surface area (Å²) >= 11 is 2.93. The van der Waals surface area contributed by atoms with Crippen molar-refractivity contribution >= 4 is 39.2 Å². The average molecular weight is 366 g/mol. The van der Waals surface area contributed by atoms with E-state index in [4.69, 9.17) is 0 Å². The van der Waals surface area contributed by atoms with Gasteiger partial charge in [0.15, 0.2) is 5.16 Å². The predicted octanol–water partition coefficient (Wildman–Crippen LogP) is 3.11. The van der Waals surface area contributed by atoms with Crippen molar-refractivity contribution in [3.05, 3.63) is 20.8 Å². The number of hydrogen-bond donors (Lipinski definition) is 2. The van der Waals surface area contributed by atoms with E-state index in [0.29, 0.717) is 11.1 Å². The fourth-order valence-corrected chi connectivity index (χ4v) is 5.25. The summed E-state index contributed by atoms with van der Waals surface area (Å²) in [6, 6.07) is 0.0982. The molecule has 0 radical (unpaired) electrons. The molecule has 1 amide bonds. The second-order valence-electron chi connectivity index (χ2n) is 6.83. The van der Waals surface area contributed by atoms with Crippen LogP contribution >= 0.6 is 23.1 Å². The molecular weight excluding hydrogens is 342 g/mol. The van der Waals surface area contributed by atoms with Gasteiger partial charge >= 0.3 is 0 Å². The zero-order chi connectivity index (χ0) is 17.4. The molecule has 0 saturated carbocycles. The summed E-state index contributed by atoms with van der Waals surface area (Å²) in [5.74, 6) is 0.621. The summed E-state index contributed by atoms with van der Waals surface area (Å²) in [7, 11) is 0. The van der Waals surface area contributed by atoms with Crippen LogP contribution in [0.4, 0.5) is 0 Å². The smallest absolute Gasteiger partial charge is 0.260 e. The minimum Gasteiger partial charge on any atom is -0.353 e. The number of aryl methyl sites for hydroxylation is 1. The number of carbonyl (C=O) groups excluding carboxylic acids is 1. The average Bonchev–Trinajstić information content (AvgIpc) is 2.83. The third kappa shape index (κ3) is 3.52. The van der Waals surface area contributed by atoms with E-state index in [2.05, 4.69) is 22.2 Å². The fraction of sp³-hybridized carbons (Fsp3) is 0.588. The Morgan fingerprint density at radius 2 is 2.17 bits per heavy atom. The maximum Gasteiger partial charge on any atom is 0.260 e. The van der Waals surface area contributed by atoms with Gasteiger partial charge in [-0.05, 0) is 51.5 Å². The van der Waals surface area contributed by atoms with E-state index in [1.165, 1.54) is 22.2 Å². The molecule has 0 aliphatic heterocycles. The molecule has 5 nitrogen and oxygen atoms in total. The number of hydrogen-bond acceptors (Lipinski definition) is 5. The molecule has 130 valence electrons. The lowest BCUT2D eigenvalue weighted by Crippen LogP contribution is -2.36. The highest BCUT2D eigenvalue weighted by atomic mass is 32.2. The molecule has 0 unspecified atom stereocenters. The molecule has 2 aromatic heterocycles. The van der Waals surface area contributed by atoms with Gasteiger partial charge in [-0.1, -0.05) is 18.7 Å². The number of amides is 1. The first-order chi connectivity index (χ1) is 11.3. The number of thiophene rings is 1. The summed E-state index contributed by atoms with van der Waals surface area (Å²) in [6.45, 7) is 7.94. The maximum atomic E-state index is 12.5. The lowest BCUT2D eigenvalue weighted by atomic mass is 9.89. The van der Waals surface area contributed by atoms with E-state index in [-0.39, 0.29) is 22.8 Å². The SMILES string of the molecule is CC(C)NC(=O)[C@@H](C)Sc1nc2sc3c(c2c(=O)[nH]1)CC[C@@H](C)C3. The van der Waals surface area contributed by atoms with E-state index in [0.717, 1.165) is 29.5 Å². The number of nitrogens with one attached hydrogen (secondary N) is 2. The normalized spacial score (nSPS) is 18.6. The van der Waals surface area contributed by atoms with Crippen molar-refractivity contribution in [2.45, 2.75) is 63.4 Å². The molecule has 2 heterocycles. The Hall–Kier alpha value is -1.34. The Labute approximate surface area is 149 Å². The van der Waals surface area contributed by atoms with Crippen LogP contribution in [0.15, 0.2) is 9.95 Å². The monoisotopic (exact) mass is 365 g/mol. The van der Waals surface area contributed by atoms with Crippen LogP contribution in [0.1, 0.15) is 44.6 Å². The Morgan fingerprint density at radius 3 is 2.88 bits per heavy atom. The molecule has 7 heteroatoms. The van der Waals surface area contributed by atoms with E-state index >= 15 is 0 Å². The van der Waals surface area contributed by atoms with E-state index < -0.39 is 0 Å². The third-order valence-corrected chi connectivity index (χ3v) is 6.36. The number of aromatic nitrogens is 2. The van der Waals surface area contributed by atoms with Crippen molar-refractivity contribution in [1.29, 1.82) is 0 Å². The Balaban J connectivity index is 1.89. The minimum atomic E-state index is -0.303. The number of fused-ring (bicyclic) bond motifs is 3. The molecule has 2 aromatic rings. The van der Waals surface area contributed by atoms with Gasteiger partial charge < -0.3 is 10.3 Å². The number of rotatable bonds is 4. The molecule has 0 fully saturated rings. The highest BCUT2D eigenvalue weighted by Gasteiger charge is 2.24. The quantitative estimate of drug-likeness (QED) is 0.645. The molecule has 2 atom stereocenters. The van der Waals surface area contributed by atoms with Crippen LogP contribution in [0.25, 0.3) is 10.2 Å². The molecule has 2 N–H and O–H groups in total. The van der Waals surface area contributed by atoms with Crippen molar-refractivity contribution in [2.75, 3.05) is 0 Å². The van der Waals surface area contributed by atoms with Gasteiger partial charge in [0.05, 0.1) is 10.6 Å². The zero-order valence-electron chi connectivity index (χ0n) is 14.4. The van der Waals surface area contributed by atoms with Gasteiger partial charge in [-0.15, -0.1) is 11.3 Å². The predicted molar refractivity (Wildman–Crippen MR) is 100 cm³/mol. The molecule has 3 rings (SSSR count). The van der Waals surface area contributed by atoms with Gasteiger partial charge in [0.1, 0.15) is 4.83 Å². The maximum absolute atomic E-state index is 12.5. The Morgan fingerprint density at radius 1 is 1.42 bits per heavy atom. The molecule has 24 heavy (non-hydrogen) atoms. The molecule has 0 aromatic carbocycles.